The van der Waals surface area contributed by atoms with Crippen molar-refractivity contribution in [2.75, 3.05) is 16.8 Å². The number of hydrogen-bond acceptors (Lipinski definition) is 3. The first kappa shape index (κ1) is 15.0. The van der Waals surface area contributed by atoms with Crippen LogP contribution in [0.4, 0.5) is 11.4 Å². The quantitative estimate of drug-likeness (QED) is 0.912. The van der Waals surface area contributed by atoms with E-state index < -0.39 is 0 Å². The van der Waals surface area contributed by atoms with Gasteiger partial charge in [-0.1, -0.05) is 12.1 Å². The highest BCUT2D eigenvalue weighted by Gasteiger charge is 2.19. The molecule has 0 aliphatic heterocycles. The van der Waals surface area contributed by atoms with E-state index in [9.17, 15) is 4.79 Å². The van der Waals surface area contributed by atoms with Crippen molar-refractivity contribution in [3.63, 3.8) is 0 Å². The minimum atomic E-state index is -0.00699. The monoisotopic (exact) mass is 283 g/mol. The molecule has 0 unspecified atom stereocenters. The zero-order chi connectivity index (χ0) is 15.2. The third-order valence-electron chi connectivity index (χ3n) is 3.14. The van der Waals surface area contributed by atoms with Crippen molar-refractivity contribution in [2.45, 2.75) is 26.8 Å². The molecule has 0 atom stereocenters. The third-order valence-corrected chi connectivity index (χ3v) is 3.14. The number of para-hydroxylation sites is 1. The van der Waals surface area contributed by atoms with E-state index in [1.807, 2.05) is 43.3 Å². The van der Waals surface area contributed by atoms with Gasteiger partial charge in [-0.15, -0.1) is 0 Å². The van der Waals surface area contributed by atoms with Crippen LogP contribution in [0.1, 0.15) is 31.1 Å². The van der Waals surface area contributed by atoms with E-state index in [0.29, 0.717) is 12.1 Å². The maximum absolute atomic E-state index is 12.8. The Kier molecular flexibility index (Phi) is 4.93. The summed E-state index contributed by atoms with van der Waals surface area (Å²) in [6.45, 7) is 6.69. The number of carbonyl (C=O) groups excluding carboxylic acids is 1. The van der Waals surface area contributed by atoms with Crippen LogP contribution in [0.3, 0.4) is 0 Å². The fourth-order valence-corrected chi connectivity index (χ4v) is 2.22. The fraction of sp³-hybridized carbons (Fsp3) is 0.294. The molecule has 4 nitrogen and oxygen atoms in total. The first-order valence-corrected chi connectivity index (χ1v) is 7.21. The van der Waals surface area contributed by atoms with E-state index in [0.717, 1.165) is 11.4 Å². The van der Waals surface area contributed by atoms with Gasteiger partial charge < -0.3 is 10.2 Å². The van der Waals surface area contributed by atoms with Crippen LogP contribution in [0.15, 0.2) is 48.8 Å². The molecule has 0 aliphatic rings. The van der Waals surface area contributed by atoms with Crippen LogP contribution in [-0.2, 0) is 0 Å². The number of amides is 1. The maximum Gasteiger partial charge on any atom is 0.260 e. The molecule has 0 fully saturated rings. The SMILES string of the molecule is CCN(C(=O)c1ccccc1NC(C)C)c1ccncc1. The van der Waals surface area contributed by atoms with Gasteiger partial charge in [-0.2, -0.15) is 0 Å². The molecule has 2 rings (SSSR count). The number of carbonyl (C=O) groups is 1. The molecule has 0 saturated heterocycles. The molecule has 0 bridgehead atoms. The van der Waals surface area contributed by atoms with E-state index in [2.05, 4.69) is 24.1 Å². The summed E-state index contributed by atoms with van der Waals surface area (Å²) in [5.41, 5.74) is 2.41. The summed E-state index contributed by atoms with van der Waals surface area (Å²) in [5.74, 6) is -0.00699. The Labute approximate surface area is 125 Å². The summed E-state index contributed by atoms with van der Waals surface area (Å²) in [5, 5.41) is 3.32. The van der Waals surface area contributed by atoms with Gasteiger partial charge in [-0.05, 0) is 45.0 Å². The van der Waals surface area contributed by atoms with Crippen molar-refractivity contribution < 1.29 is 4.79 Å². The number of aromatic nitrogens is 1. The Bertz CT molecular complexity index is 596. The zero-order valence-corrected chi connectivity index (χ0v) is 12.7. The highest BCUT2D eigenvalue weighted by molar-refractivity contribution is 6.09. The van der Waals surface area contributed by atoms with Crippen molar-refractivity contribution >= 4 is 17.3 Å². The first-order chi connectivity index (χ1) is 10.1. The lowest BCUT2D eigenvalue weighted by Gasteiger charge is -2.23. The molecule has 21 heavy (non-hydrogen) atoms. The summed E-state index contributed by atoms with van der Waals surface area (Å²) in [6.07, 6.45) is 3.40. The molecule has 0 saturated carbocycles. The lowest BCUT2D eigenvalue weighted by atomic mass is 10.1. The molecule has 1 amide bonds. The average molecular weight is 283 g/mol. The average Bonchev–Trinajstić information content (AvgIpc) is 2.49. The molecule has 0 aliphatic carbocycles. The Balaban J connectivity index is 2.34. The number of hydrogen-bond donors (Lipinski definition) is 1. The van der Waals surface area contributed by atoms with Crippen LogP contribution in [-0.4, -0.2) is 23.5 Å². The molecule has 1 heterocycles. The van der Waals surface area contributed by atoms with Crippen LogP contribution >= 0.6 is 0 Å². The van der Waals surface area contributed by atoms with Crippen LogP contribution in [0.5, 0.6) is 0 Å². The topological polar surface area (TPSA) is 45.2 Å². The fourth-order valence-electron chi connectivity index (χ4n) is 2.22. The van der Waals surface area contributed by atoms with Gasteiger partial charge in [-0.3, -0.25) is 9.78 Å². The lowest BCUT2D eigenvalue weighted by Crippen LogP contribution is -2.31. The first-order valence-electron chi connectivity index (χ1n) is 7.21. The van der Waals surface area contributed by atoms with Crippen molar-refractivity contribution in [3.05, 3.63) is 54.4 Å². The van der Waals surface area contributed by atoms with Gasteiger partial charge in [0.15, 0.2) is 0 Å². The van der Waals surface area contributed by atoms with Gasteiger partial charge in [0.05, 0.1) is 5.56 Å². The van der Waals surface area contributed by atoms with Crippen molar-refractivity contribution in [3.8, 4) is 0 Å². The summed E-state index contributed by atoms with van der Waals surface area (Å²) in [4.78, 5) is 18.6. The summed E-state index contributed by atoms with van der Waals surface area (Å²) < 4.78 is 0. The Morgan fingerprint density at radius 2 is 1.86 bits per heavy atom. The summed E-state index contributed by atoms with van der Waals surface area (Å²) in [7, 11) is 0. The number of benzene rings is 1. The molecule has 4 heteroatoms. The number of anilines is 2. The van der Waals surface area contributed by atoms with Crippen molar-refractivity contribution in [1.82, 2.24) is 4.98 Å². The molecular formula is C17H21N3O. The minimum Gasteiger partial charge on any atom is -0.382 e. The zero-order valence-electron chi connectivity index (χ0n) is 12.7. The van der Waals surface area contributed by atoms with E-state index in [-0.39, 0.29) is 11.9 Å². The Hall–Kier alpha value is -2.36. The van der Waals surface area contributed by atoms with Gasteiger partial charge in [0.2, 0.25) is 0 Å². The van der Waals surface area contributed by atoms with E-state index in [1.54, 1.807) is 17.3 Å². The highest BCUT2D eigenvalue weighted by Crippen LogP contribution is 2.21. The second-order valence-electron chi connectivity index (χ2n) is 5.10. The van der Waals surface area contributed by atoms with Crippen molar-refractivity contribution in [2.24, 2.45) is 0 Å². The molecule has 1 aromatic heterocycles. The largest absolute Gasteiger partial charge is 0.382 e. The lowest BCUT2D eigenvalue weighted by molar-refractivity contribution is 0.0989. The van der Waals surface area contributed by atoms with Crippen LogP contribution < -0.4 is 10.2 Å². The third kappa shape index (κ3) is 3.60. The molecule has 0 spiro atoms. The number of nitrogens with zero attached hydrogens (tertiary/aromatic N) is 2. The predicted octanol–water partition coefficient (Wildman–Crippen LogP) is 3.57. The van der Waals surface area contributed by atoms with Crippen LogP contribution in [0, 0.1) is 0 Å². The van der Waals surface area contributed by atoms with Gasteiger partial charge in [0.25, 0.3) is 5.91 Å². The number of nitrogens with one attached hydrogen (secondary N) is 1. The normalized spacial score (nSPS) is 10.5. The van der Waals surface area contributed by atoms with Crippen molar-refractivity contribution in [1.29, 1.82) is 0 Å². The molecule has 110 valence electrons. The smallest absolute Gasteiger partial charge is 0.260 e. The van der Waals surface area contributed by atoms with E-state index in [4.69, 9.17) is 0 Å². The molecule has 2 aromatic rings. The standard InChI is InChI=1S/C17H21N3O/c1-4-20(14-9-11-18-12-10-14)17(21)15-7-5-6-8-16(15)19-13(2)3/h5-13,19H,4H2,1-3H3. The second-order valence-corrected chi connectivity index (χ2v) is 5.10. The van der Waals surface area contributed by atoms with Gasteiger partial charge in [0.1, 0.15) is 0 Å². The number of pyridine rings is 1. The molecular weight excluding hydrogens is 262 g/mol. The molecule has 0 radical (unpaired) electrons. The Morgan fingerprint density at radius 1 is 1.19 bits per heavy atom. The van der Waals surface area contributed by atoms with Gasteiger partial charge in [-0.25, -0.2) is 0 Å². The van der Waals surface area contributed by atoms with Gasteiger partial charge in [0, 0.05) is 36.4 Å². The molecule has 1 N–H and O–H groups in total. The van der Waals surface area contributed by atoms with E-state index >= 15 is 0 Å². The molecule has 1 aromatic carbocycles. The maximum atomic E-state index is 12.8. The second kappa shape index (κ2) is 6.88. The van der Waals surface area contributed by atoms with Crippen LogP contribution in [0.25, 0.3) is 0 Å². The van der Waals surface area contributed by atoms with Crippen LogP contribution in [0.2, 0.25) is 0 Å². The Morgan fingerprint density at radius 3 is 2.48 bits per heavy atom. The number of rotatable bonds is 5. The van der Waals surface area contributed by atoms with Gasteiger partial charge >= 0.3 is 0 Å². The van der Waals surface area contributed by atoms with E-state index in [1.165, 1.54) is 0 Å². The highest BCUT2D eigenvalue weighted by atomic mass is 16.2. The summed E-state index contributed by atoms with van der Waals surface area (Å²) in [6, 6.07) is 11.6. The minimum absolute atomic E-state index is 0.00699. The predicted molar refractivity (Wildman–Crippen MR) is 86.8 cm³/mol. The summed E-state index contributed by atoms with van der Waals surface area (Å²) >= 11 is 0.